The molecule has 29 heavy (non-hydrogen) atoms. The third-order valence-electron chi connectivity index (χ3n) is 5.54. The minimum Gasteiger partial charge on any atom is -0.335 e. The molecule has 2 aromatic carbocycles. The van der Waals surface area contributed by atoms with Crippen LogP contribution in [0.15, 0.2) is 60.7 Å². The first-order valence-corrected chi connectivity index (χ1v) is 10.4. The topological polar surface area (TPSA) is 64.7 Å². The third kappa shape index (κ3) is 5.43. The summed E-state index contributed by atoms with van der Waals surface area (Å²) in [6.07, 6.45) is 2.02. The van der Waals surface area contributed by atoms with Crippen molar-refractivity contribution in [1.29, 1.82) is 0 Å². The van der Waals surface area contributed by atoms with Crippen molar-refractivity contribution < 1.29 is 9.59 Å². The van der Waals surface area contributed by atoms with Gasteiger partial charge in [-0.3, -0.25) is 19.9 Å². The van der Waals surface area contributed by atoms with Crippen molar-refractivity contribution in [2.45, 2.75) is 24.9 Å². The zero-order chi connectivity index (χ0) is 20.1. The number of urea groups is 1. The minimum absolute atomic E-state index is 0.206. The Morgan fingerprint density at radius 3 is 1.93 bits per heavy atom. The number of nitrogens with zero attached hydrogens (tertiary/aromatic N) is 2. The molecule has 2 fully saturated rings. The van der Waals surface area contributed by atoms with Crippen LogP contribution in [-0.2, 0) is 4.79 Å². The van der Waals surface area contributed by atoms with Crippen LogP contribution in [0.3, 0.4) is 0 Å². The highest BCUT2D eigenvalue weighted by Crippen LogP contribution is 2.29. The van der Waals surface area contributed by atoms with Gasteiger partial charge >= 0.3 is 6.03 Å². The van der Waals surface area contributed by atoms with Crippen LogP contribution in [0.25, 0.3) is 0 Å². The van der Waals surface area contributed by atoms with Crippen LogP contribution in [0.4, 0.5) is 4.79 Å². The predicted octanol–water partition coefficient (Wildman–Crippen LogP) is 2.38. The molecule has 3 amide bonds. The van der Waals surface area contributed by atoms with Gasteiger partial charge < -0.3 is 5.32 Å². The predicted molar refractivity (Wildman–Crippen MR) is 112 cm³/mol. The second-order valence-electron chi connectivity index (χ2n) is 7.83. The van der Waals surface area contributed by atoms with E-state index in [2.05, 4.69) is 69.0 Å². The summed E-state index contributed by atoms with van der Waals surface area (Å²) in [6.45, 7) is 3.60. The van der Waals surface area contributed by atoms with E-state index in [-0.39, 0.29) is 30.6 Å². The van der Waals surface area contributed by atoms with E-state index in [1.54, 1.807) is 0 Å². The van der Waals surface area contributed by atoms with E-state index < -0.39 is 0 Å². The molecule has 152 valence electrons. The Labute approximate surface area is 171 Å². The number of imide groups is 1. The minimum atomic E-state index is -0.371. The van der Waals surface area contributed by atoms with Gasteiger partial charge in [0.15, 0.2) is 0 Å². The molecule has 2 N–H and O–H groups in total. The molecule has 2 aliphatic rings. The molecule has 0 spiro atoms. The molecule has 0 aromatic heterocycles. The van der Waals surface area contributed by atoms with Gasteiger partial charge in [0.2, 0.25) is 5.91 Å². The maximum absolute atomic E-state index is 12.2. The Bertz CT molecular complexity index is 776. The molecular weight excluding hydrogens is 364 g/mol. The van der Waals surface area contributed by atoms with E-state index in [1.807, 2.05) is 12.1 Å². The highest BCUT2D eigenvalue weighted by molar-refractivity contribution is 5.95. The maximum Gasteiger partial charge on any atom is 0.321 e. The van der Waals surface area contributed by atoms with Crippen molar-refractivity contribution in [3.05, 3.63) is 71.8 Å². The van der Waals surface area contributed by atoms with Gasteiger partial charge in [0.05, 0.1) is 12.6 Å². The van der Waals surface area contributed by atoms with Crippen LogP contribution in [0.2, 0.25) is 0 Å². The van der Waals surface area contributed by atoms with Gasteiger partial charge in [-0.25, -0.2) is 4.79 Å². The Kier molecular flexibility index (Phi) is 6.22. The molecule has 0 bridgehead atoms. The van der Waals surface area contributed by atoms with Gasteiger partial charge in [-0.2, -0.15) is 0 Å². The van der Waals surface area contributed by atoms with Crippen LogP contribution in [-0.4, -0.2) is 60.5 Å². The van der Waals surface area contributed by atoms with E-state index in [9.17, 15) is 9.59 Å². The number of carbonyl (C=O) groups excluding carboxylic acids is 2. The fourth-order valence-corrected chi connectivity index (χ4v) is 3.88. The molecule has 6 nitrogen and oxygen atoms in total. The molecule has 0 radical (unpaired) electrons. The quantitative estimate of drug-likeness (QED) is 0.792. The summed E-state index contributed by atoms with van der Waals surface area (Å²) in [7, 11) is 0. The van der Waals surface area contributed by atoms with Crippen molar-refractivity contribution >= 4 is 11.9 Å². The molecule has 2 aromatic rings. The summed E-state index contributed by atoms with van der Waals surface area (Å²) in [4.78, 5) is 28.5. The van der Waals surface area contributed by atoms with Crippen molar-refractivity contribution in [3.63, 3.8) is 0 Å². The fraction of sp³-hybridized carbons (Fsp3) is 0.391. The Morgan fingerprint density at radius 2 is 1.41 bits per heavy atom. The fourth-order valence-electron chi connectivity index (χ4n) is 3.88. The first-order valence-electron chi connectivity index (χ1n) is 10.4. The van der Waals surface area contributed by atoms with E-state index >= 15 is 0 Å². The van der Waals surface area contributed by atoms with Crippen LogP contribution in [0.1, 0.15) is 30.0 Å². The normalized spacial score (nSPS) is 17.8. The molecule has 1 heterocycles. The largest absolute Gasteiger partial charge is 0.335 e. The smallest absolute Gasteiger partial charge is 0.321 e. The van der Waals surface area contributed by atoms with E-state index in [1.165, 1.54) is 11.1 Å². The molecule has 1 saturated carbocycles. The highest BCUT2D eigenvalue weighted by atomic mass is 16.2. The van der Waals surface area contributed by atoms with Crippen molar-refractivity contribution in [2.75, 3.05) is 32.7 Å². The van der Waals surface area contributed by atoms with E-state index in [0.717, 1.165) is 39.0 Å². The van der Waals surface area contributed by atoms with Crippen LogP contribution < -0.4 is 10.6 Å². The van der Waals surface area contributed by atoms with E-state index in [0.29, 0.717) is 0 Å². The average molecular weight is 393 g/mol. The van der Waals surface area contributed by atoms with Gasteiger partial charge in [0, 0.05) is 32.2 Å². The molecule has 1 aliphatic heterocycles. The molecule has 0 unspecified atom stereocenters. The number of piperazine rings is 1. The lowest BCUT2D eigenvalue weighted by Crippen LogP contribution is -2.51. The second kappa shape index (κ2) is 9.20. The monoisotopic (exact) mass is 392 g/mol. The van der Waals surface area contributed by atoms with Gasteiger partial charge in [0.1, 0.15) is 0 Å². The molecule has 1 saturated heterocycles. The van der Waals surface area contributed by atoms with Gasteiger partial charge in [-0.15, -0.1) is 0 Å². The maximum atomic E-state index is 12.2. The standard InChI is InChI=1S/C23H28N4O2/c28-21(25-23(29)24-20-11-12-20)17-26-13-15-27(16-14-26)22(18-7-3-1-4-8-18)19-9-5-2-6-10-19/h1-10,20,22H,11-17H2,(H2,24,25,28,29). The van der Waals surface area contributed by atoms with Crippen molar-refractivity contribution in [1.82, 2.24) is 20.4 Å². The molecular formula is C23H28N4O2. The van der Waals surface area contributed by atoms with Crippen LogP contribution >= 0.6 is 0 Å². The van der Waals surface area contributed by atoms with Crippen molar-refractivity contribution in [2.24, 2.45) is 0 Å². The average Bonchev–Trinajstić information content (AvgIpc) is 3.55. The summed E-state index contributed by atoms with van der Waals surface area (Å²) < 4.78 is 0. The summed E-state index contributed by atoms with van der Waals surface area (Å²) in [6, 6.07) is 21.2. The number of hydrogen-bond acceptors (Lipinski definition) is 4. The van der Waals surface area contributed by atoms with Crippen LogP contribution in [0, 0.1) is 0 Å². The summed E-state index contributed by atoms with van der Waals surface area (Å²) in [5, 5.41) is 5.22. The molecule has 1 aliphatic carbocycles. The lowest BCUT2D eigenvalue weighted by Gasteiger charge is -2.39. The first-order chi connectivity index (χ1) is 14.2. The molecule has 6 heteroatoms. The van der Waals surface area contributed by atoms with Gasteiger partial charge in [-0.1, -0.05) is 60.7 Å². The lowest BCUT2D eigenvalue weighted by molar-refractivity contribution is -0.121. The van der Waals surface area contributed by atoms with E-state index in [4.69, 9.17) is 0 Å². The highest BCUT2D eigenvalue weighted by Gasteiger charge is 2.28. The number of rotatable bonds is 6. The first kappa shape index (κ1) is 19.6. The number of benzene rings is 2. The van der Waals surface area contributed by atoms with Gasteiger partial charge in [-0.05, 0) is 24.0 Å². The Balaban J connectivity index is 1.34. The molecule has 4 rings (SSSR count). The summed E-state index contributed by atoms with van der Waals surface area (Å²) in [5.41, 5.74) is 2.56. The Hall–Kier alpha value is -2.70. The van der Waals surface area contributed by atoms with Crippen molar-refractivity contribution in [3.8, 4) is 0 Å². The SMILES string of the molecule is O=C(CN1CCN(C(c2ccccc2)c2ccccc2)CC1)NC(=O)NC1CC1. The number of carbonyl (C=O) groups is 2. The number of hydrogen-bond donors (Lipinski definition) is 2. The summed E-state index contributed by atoms with van der Waals surface area (Å²) >= 11 is 0. The number of amides is 3. The lowest BCUT2D eigenvalue weighted by atomic mass is 9.96. The zero-order valence-corrected chi connectivity index (χ0v) is 16.6. The van der Waals surface area contributed by atoms with Crippen LogP contribution in [0.5, 0.6) is 0 Å². The third-order valence-corrected chi connectivity index (χ3v) is 5.54. The Morgan fingerprint density at radius 1 is 0.862 bits per heavy atom. The second-order valence-corrected chi connectivity index (χ2v) is 7.83. The summed E-state index contributed by atoms with van der Waals surface area (Å²) in [5.74, 6) is -0.237. The zero-order valence-electron chi connectivity index (χ0n) is 16.6. The number of nitrogens with one attached hydrogen (secondary N) is 2. The van der Waals surface area contributed by atoms with Gasteiger partial charge in [0.25, 0.3) is 0 Å². The molecule has 0 atom stereocenters.